The number of nitrogens with one attached hydrogen (secondary N) is 1. The van der Waals surface area contributed by atoms with Gasteiger partial charge in [-0.15, -0.1) is 10.2 Å². The number of hydrogen-bond donors (Lipinski definition) is 1. The first-order chi connectivity index (χ1) is 12.2. The second kappa shape index (κ2) is 6.46. The molecule has 0 atom stereocenters. The van der Waals surface area contributed by atoms with Crippen LogP contribution in [0.15, 0.2) is 36.8 Å². The molecule has 1 saturated heterocycles. The zero-order valence-electron chi connectivity index (χ0n) is 14.0. The summed E-state index contributed by atoms with van der Waals surface area (Å²) >= 11 is 0. The number of amides is 1. The molecular formula is C17H19N7O. The molecule has 0 radical (unpaired) electrons. The van der Waals surface area contributed by atoms with E-state index < -0.39 is 0 Å². The van der Waals surface area contributed by atoms with Crippen molar-refractivity contribution in [2.75, 3.05) is 18.0 Å². The minimum atomic E-state index is -0.118. The zero-order valence-corrected chi connectivity index (χ0v) is 14.0. The number of aromatic nitrogens is 5. The minimum Gasteiger partial charge on any atom is -0.353 e. The molecule has 0 saturated carbocycles. The minimum absolute atomic E-state index is 0.118. The molecule has 8 nitrogen and oxygen atoms in total. The Hall–Kier alpha value is -3.03. The van der Waals surface area contributed by atoms with E-state index in [1.54, 1.807) is 24.5 Å². The highest BCUT2D eigenvalue weighted by Crippen LogP contribution is 2.22. The molecule has 3 aromatic heterocycles. The van der Waals surface area contributed by atoms with Crippen molar-refractivity contribution in [2.45, 2.75) is 25.8 Å². The third-order valence-electron chi connectivity index (χ3n) is 4.51. The lowest BCUT2D eigenvalue weighted by atomic mass is 10.0. The maximum Gasteiger partial charge on any atom is 0.270 e. The van der Waals surface area contributed by atoms with Crippen molar-refractivity contribution in [3.8, 4) is 0 Å². The van der Waals surface area contributed by atoms with Crippen LogP contribution in [0.3, 0.4) is 0 Å². The fourth-order valence-corrected chi connectivity index (χ4v) is 3.14. The van der Waals surface area contributed by atoms with Gasteiger partial charge in [-0.3, -0.25) is 14.2 Å². The van der Waals surface area contributed by atoms with Gasteiger partial charge in [-0.1, -0.05) is 6.07 Å². The predicted octanol–water partition coefficient (Wildman–Crippen LogP) is 1.23. The number of anilines is 1. The Kier molecular flexibility index (Phi) is 4.01. The van der Waals surface area contributed by atoms with Gasteiger partial charge in [0, 0.05) is 37.7 Å². The molecule has 0 bridgehead atoms. The van der Waals surface area contributed by atoms with Gasteiger partial charge in [0.2, 0.25) is 5.65 Å². The Labute approximate surface area is 144 Å². The van der Waals surface area contributed by atoms with Crippen LogP contribution in [0.25, 0.3) is 5.65 Å². The molecule has 4 heterocycles. The van der Waals surface area contributed by atoms with Crippen molar-refractivity contribution < 1.29 is 4.79 Å². The van der Waals surface area contributed by atoms with E-state index in [4.69, 9.17) is 0 Å². The molecular weight excluding hydrogens is 318 g/mol. The standard InChI is InChI=1S/C17H19N7O/c1-12-21-22-16-15(19-8-11-24(12)16)23-9-5-13(6-10-23)20-17(25)14-4-2-3-7-18-14/h2-4,7-8,11,13H,5-6,9-10H2,1H3,(H,20,25). The van der Waals surface area contributed by atoms with Crippen molar-refractivity contribution in [3.05, 3.63) is 48.3 Å². The molecule has 0 spiro atoms. The average molecular weight is 337 g/mol. The smallest absolute Gasteiger partial charge is 0.270 e. The van der Waals surface area contributed by atoms with Crippen molar-refractivity contribution >= 4 is 17.4 Å². The predicted molar refractivity (Wildman–Crippen MR) is 92.5 cm³/mol. The van der Waals surface area contributed by atoms with Crippen LogP contribution in [0.5, 0.6) is 0 Å². The maximum atomic E-state index is 12.2. The average Bonchev–Trinajstić information content (AvgIpc) is 3.04. The highest BCUT2D eigenvalue weighted by Gasteiger charge is 2.24. The zero-order chi connectivity index (χ0) is 17.2. The number of pyridine rings is 1. The highest BCUT2D eigenvalue weighted by molar-refractivity contribution is 5.92. The first-order valence-corrected chi connectivity index (χ1v) is 8.35. The first kappa shape index (κ1) is 15.5. The van der Waals surface area contributed by atoms with Gasteiger partial charge < -0.3 is 10.2 Å². The molecule has 1 aliphatic heterocycles. The van der Waals surface area contributed by atoms with Gasteiger partial charge in [-0.2, -0.15) is 0 Å². The lowest BCUT2D eigenvalue weighted by molar-refractivity contribution is 0.0926. The third kappa shape index (κ3) is 3.02. The molecule has 1 fully saturated rings. The van der Waals surface area contributed by atoms with Gasteiger partial charge in [-0.25, -0.2) is 4.98 Å². The lowest BCUT2D eigenvalue weighted by Crippen LogP contribution is -2.45. The number of carbonyl (C=O) groups excluding carboxylic acids is 1. The quantitative estimate of drug-likeness (QED) is 0.773. The van der Waals surface area contributed by atoms with Crippen LogP contribution in [0.2, 0.25) is 0 Å². The molecule has 1 aliphatic rings. The third-order valence-corrected chi connectivity index (χ3v) is 4.51. The number of piperidine rings is 1. The Morgan fingerprint density at radius 1 is 1.16 bits per heavy atom. The molecule has 0 unspecified atom stereocenters. The molecule has 0 aliphatic carbocycles. The Bertz CT molecular complexity index is 884. The number of hydrogen-bond acceptors (Lipinski definition) is 6. The van der Waals surface area contributed by atoms with E-state index in [1.807, 2.05) is 23.6 Å². The summed E-state index contributed by atoms with van der Waals surface area (Å²) in [6.07, 6.45) is 6.98. The topological polar surface area (TPSA) is 88.3 Å². The van der Waals surface area contributed by atoms with Crippen LogP contribution in [0.1, 0.15) is 29.2 Å². The van der Waals surface area contributed by atoms with E-state index in [1.165, 1.54) is 0 Å². The number of aryl methyl sites for hydroxylation is 1. The van der Waals surface area contributed by atoms with Gasteiger partial charge in [0.1, 0.15) is 11.5 Å². The molecule has 4 rings (SSSR count). The summed E-state index contributed by atoms with van der Waals surface area (Å²) in [4.78, 5) is 23.0. The summed E-state index contributed by atoms with van der Waals surface area (Å²) < 4.78 is 1.94. The Morgan fingerprint density at radius 2 is 2.00 bits per heavy atom. The van der Waals surface area contributed by atoms with Crippen molar-refractivity contribution in [1.82, 2.24) is 29.9 Å². The van der Waals surface area contributed by atoms with Gasteiger partial charge in [0.15, 0.2) is 5.82 Å². The van der Waals surface area contributed by atoms with Crippen LogP contribution >= 0.6 is 0 Å². The molecule has 25 heavy (non-hydrogen) atoms. The van der Waals surface area contributed by atoms with Crippen LogP contribution in [-0.2, 0) is 0 Å². The summed E-state index contributed by atoms with van der Waals surface area (Å²) in [5.74, 6) is 1.57. The summed E-state index contributed by atoms with van der Waals surface area (Å²) in [7, 11) is 0. The SMILES string of the molecule is Cc1nnc2c(N3CCC(NC(=O)c4ccccn4)CC3)nccn12. The monoisotopic (exact) mass is 337 g/mol. The van der Waals surface area contributed by atoms with Crippen LogP contribution in [-0.4, -0.2) is 49.6 Å². The summed E-state index contributed by atoms with van der Waals surface area (Å²) in [6.45, 7) is 3.54. The fourth-order valence-electron chi connectivity index (χ4n) is 3.14. The molecule has 8 heteroatoms. The lowest BCUT2D eigenvalue weighted by Gasteiger charge is -2.33. The van der Waals surface area contributed by atoms with Crippen molar-refractivity contribution in [3.63, 3.8) is 0 Å². The van der Waals surface area contributed by atoms with E-state index in [9.17, 15) is 4.79 Å². The Balaban J connectivity index is 1.42. The Morgan fingerprint density at radius 3 is 2.76 bits per heavy atom. The van der Waals surface area contributed by atoms with Crippen molar-refractivity contribution in [1.29, 1.82) is 0 Å². The second-order valence-corrected chi connectivity index (χ2v) is 6.14. The van der Waals surface area contributed by atoms with Gasteiger partial charge in [-0.05, 0) is 31.9 Å². The van der Waals surface area contributed by atoms with E-state index in [0.717, 1.165) is 43.2 Å². The molecule has 1 amide bonds. The van der Waals surface area contributed by atoms with Crippen molar-refractivity contribution in [2.24, 2.45) is 0 Å². The molecule has 128 valence electrons. The molecule has 3 aromatic rings. The highest BCUT2D eigenvalue weighted by atomic mass is 16.1. The second-order valence-electron chi connectivity index (χ2n) is 6.14. The molecule has 0 aromatic carbocycles. The van der Waals surface area contributed by atoms with Gasteiger partial charge in [0.05, 0.1) is 0 Å². The summed E-state index contributed by atoms with van der Waals surface area (Å²) in [6, 6.07) is 5.49. The summed E-state index contributed by atoms with van der Waals surface area (Å²) in [5, 5.41) is 11.4. The van der Waals surface area contributed by atoms with Crippen LogP contribution < -0.4 is 10.2 Å². The van der Waals surface area contributed by atoms with E-state index >= 15 is 0 Å². The van der Waals surface area contributed by atoms with E-state index in [-0.39, 0.29) is 11.9 Å². The maximum absolute atomic E-state index is 12.2. The van der Waals surface area contributed by atoms with Crippen LogP contribution in [0, 0.1) is 6.92 Å². The normalized spacial score (nSPS) is 15.5. The number of fused-ring (bicyclic) bond motifs is 1. The number of carbonyl (C=O) groups is 1. The fraction of sp³-hybridized carbons (Fsp3) is 0.353. The largest absolute Gasteiger partial charge is 0.353 e. The summed E-state index contributed by atoms with van der Waals surface area (Å²) in [5.41, 5.74) is 1.23. The van der Waals surface area contributed by atoms with Gasteiger partial charge in [0.25, 0.3) is 5.91 Å². The number of rotatable bonds is 3. The number of nitrogens with zero attached hydrogens (tertiary/aromatic N) is 6. The van der Waals surface area contributed by atoms with E-state index in [0.29, 0.717) is 5.69 Å². The van der Waals surface area contributed by atoms with E-state index in [2.05, 4.69) is 30.4 Å². The van der Waals surface area contributed by atoms with Gasteiger partial charge >= 0.3 is 0 Å². The van der Waals surface area contributed by atoms with Crippen LogP contribution in [0.4, 0.5) is 5.82 Å². The molecule has 1 N–H and O–H groups in total. The first-order valence-electron chi connectivity index (χ1n) is 8.35.